The van der Waals surface area contributed by atoms with E-state index < -0.39 is 5.41 Å². The van der Waals surface area contributed by atoms with Crippen LogP contribution in [0.4, 0.5) is 0 Å². The van der Waals surface area contributed by atoms with Gasteiger partial charge in [0.25, 0.3) is 0 Å². The summed E-state index contributed by atoms with van der Waals surface area (Å²) in [4.78, 5) is 2.67. The maximum absolute atomic E-state index is 2.61. The summed E-state index contributed by atoms with van der Waals surface area (Å²) in [5, 5.41) is 0. The molecule has 0 aliphatic heterocycles. The average molecular weight is 833 g/mol. The Labute approximate surface area is 379 Å². The third-order valence-electron chi connectivity index (χ3n) is 14.6. The van der Waals surface area contributed by atoms with Crippen LogP contribution in [0.25, 0.3) is 65.4 Å². The molecule has 0 nitrogen and oxygen atoms in total. The Morgan fingerprint density at radius 1 is 0.328 bits per heavy atom. The van der Waals surface area contributed by atoms with Gasteiger partial charge in [0.15, 0.2) is 0 Å². The third kappa shape index (κ3) is 5.22. The zero-order valence-corrected chi connectivity index (χ0v) is 36.7. The molecule has 0 radical (unpaired) electrons. The fourth-order valence-corrected chi connectivity index (χ4v) is 13.2. The van der Waals surface area contributed by atoms with Gasteiger partial charge in [-0.2, -0.15) is 0 Å². The van der Waals surface area contributed by atoms with Gasteiger partial charge in [0.1, 0.15) is 0 Å². The quantitative estimate of drug-likeness (QED) is 0.146. The first-order valence-electron chi connectivity index (χ1n) is 22.5. The maximum Gasteiger partial charge on any atom is 0.0740 e. The number of benzene rings is 9. The molecule has 2 unspecified atom stereocenters. The van der Waals surface area contributed by atoms with Crippen LogP contribution >= 0.6 is 11.3 Å². The lowest BCUT2D eigenvalue weighted by Crippen LogP contribution is -2.26. The van der Waals surface area contributed by atoms with E-state index in [1.54, 1.807) is 0 Å². The summed E-state index contributed by atoms with van der Waals surface area (Å²) in [5.41, 5.74) is 24.6. The van der Waals surface area contributed by atoms with Crippen molar-refractivity contribution in [3.8, 4) is 65.4 Å². The van der Waals surface area contributed by atoms with E-state index in [2.05, 4.69) is 238 Å². The molecule has 0 amide bonds. The van der Waals surface area contributed by atoms with Crippen LogP contribution in [0.5, 0.6) is 0 Å². The van der Waals surface area contributed by atoms with Crippen LogP contribution in [-0.2, 0) is 10.8 Å². The Morgan fingerprint density at radius 3 is 1.38 bits per heavy atom. The van der Waals surface area contributed by atoms with Crippen molar-refractivity contribution in [3.63, 3.8) is 0 Å². The summed E-state index contributed by atoms with van der Waals surface area (Å²) in [6.45, 7) is 4.79. The second-order valence-electron chi connectivity index (χ2n) is 18.3. The van der Waals surface area contributed by atoms with Gasteiger partial charge in [0, 0.05) is 26.7 Å². The molecule has 10 aromatic rings. The number of hydrogen-bond donors (Lipinski definition) is 0. The topological polar surface area (TPSA) is 0 Å². The Hall–Kier alpha value is -7.32. The van der Waals surface area contributed by atoms with Gasteiger partial charge < -0.3 is 0 Å². The van der Waals surface area contributed by atoms with Crippen LogP contribution in [0.1, 0.15) is 69.8 Å². The van der Waals surface area contributed by atoms with Crippen molar-refractivity contribution < 1.29 is 0 Å². The van der Waals surface area contributed by atoms with Crippen molar-refractivity contribution in [1.82, 2.24) is 0 Å². The summed E-state index contributed by atoms with van der Waals surface area (Å²) in [5.74, 6) is -0.00670. The molecule has 0 N–H and O–H groups in total. The highest BCUT2D eigenvalue weighted by molar-refractivity contribution is 7.19. The smallest absolute Gasteiger partial charge is 0.0740 e. The van der Waals surface area contributed by atoms with Gasteiger partial charge in [-0.3, -0.25) is 0 Å². The highest BCUT2D eigenvalue weighted by atomic mass is 32.1. The van der Waals surface area contributed by atoms with E-state index >= 15 is 0 Å². The zero-order valence-electron chi connectivity index (χ0n) is 35.8. The van der Waals surface area contributed by atoms with Gasteiger partial charge in [0.2, 0.25) is 0 Å². The van der Waals surface area contributed by atoms with E-state index in [1.165, 1.54) is 115 Å². The lowest BCUT2D eigenvalue weighted by Gasteiger charge is -2.32. The van der Waals surface area contributed by atoms with Crippen molar-refractivity contribution in [2.45, 2.75) is 30.6 Å². The predicted octanol–water partition coefficient (Wildman–Crippen LogP) is 16.6. The van der Waals surface area contributed by atoms with Crippen LogP contribution in [0.3, 0.4) is 0 Å². The molecule has 0 saturated heterocycles. The van der Waals surface area contributed by atoms with Crippen LogP contribution in [0.15, 0.2) is 224 Å². The average Bonchev–Trinajstić information content (AvgIpc) is 4.05. The lowest BCUT2D eigenvalue weighted by atomic mass is 9.69. The Bertz CT molecular complexity index is 3440. The van der Waals surface area contributed by atoms with E-state index in [0.717, 1.165) is 0 Å². The Kier molecular flexibility index (Phi) is 8.20. The molecule has 0 fully saturated rings. The minimum Gasteiger partial charge on any atom is -0.134 e. The van der Waals surface area contributed by atoms with Crippen molar-refractivity contribution in [2.75, 3.05) is 0 Å². The predicted molar refractivity (Wildman–Crippen MR) is 268 cm³/mol. The SMILES string of the molecule is CC1(C)c2ccccc2-c2ccc(C(c3ccc(-c4ccccc4)cc3)c3ccc4c(c3)C3(c5ccccc5-4)c4ccccc4-c4c(-c5ccccc5)sc(-c5ccccc5)c43)cc21. The molecular weight excluding hydrogens is 789 g/mol. The molecule has 1 heterocycles. The maximum atomic E-state index is 2.61. The van der Waals surface area contributed by atoms with Gasteiger partial charge in [-0.25, -0.2) is 0 Å². The second-order valence-corrected chi connectivity index (χ2v) is 19.3. The van der Waals surface area contributed by atoms with E-state index in [9.17, 15) is 0 Å². The summed E-state index contributed by atoms with van der Waals surface area (Å²) >= 11 is 1.95. The molecule has 0 bridgehead atoms. The number of thiophene rings is 1. The van der Waals surface area contributed by atoms with E-state index in [4.69, 9.17) is 0 Å². The highest BCUT2D eigenvalue weighted by Crippen LogP contribution is 2.68. The van der Waals surface area contributed by atoms with Crippen LogP contribution in [0.2, 0.25) is 0 Å². The summed E-state index contributed by atoms with van der Waals surface area (Å²) in [6.07, 6.45) is 0. The van der Waals surface area contributed by atoms with Crippen molar-refractivity contribution in [2.24, 2.45) is 0 Å². The number of hydrogen-bond acceptors (Lipinski definition) is 1. The summed E-state index contributed by atoms with van der Waals surface area (Å²) in [6, 6.07) is 84.7. The molecule has 64 heavy (non-hydrogen) atoms. The second kappa shape index (κ2) is 14.1. The molecule has 3 aliphatic rings. The van der Waals surface area contributed by atoms with Crippen molar-refractivity contribution in [1.29, 1.82) is 0 Å². The first kappa shape index (κ1) is 37.3. The van der Waals surface area contributed by atoms with Gasteiger partial charge >= 0.3 is 0 Å². The third-order valence-corrected chi connectivity index (χ3v) is 15.9. The van der Waals surface area contributed by atoms with E-state index in [-0.39, 0.29) is 11.3 Å². The van der Waals surface area contributed by atoms with Crippen LogP contribution in [0, 0.1) is 0 Å². The summed E-state index contributed by atoms with van der Waals surface area (Å²) in [7, 11) is 0. The molecule has 13 rings (SSSR count). The standard InChI is InChI=1S/C63H44S/c1-62(2)52-27-15-12-24-47(52)49-36-34-45(38-55(49)62)57(42-32-30-41(31-33-42)40-18-6-3-7-19-40)46-35-37-50-48-25-13-16-28-53(48)63(56(50)39-46)54-29-17-14-26-51(54)58-59(63)61(44-22-10-5-11-23-44)64-60(58)43-20-8-4-9-21-43/h3-39,57H,1-2H3. The van der Waals surface area contributed by atoms with Gasteiger partial charge in [-0.05, 0) is 100 Å². The molecule has 0 saturated carbocycles. The number of rotatable bonds is 6. The Morgan fingerprint density at radius 2 is 0.750 bits per heavy atom. The van der Waals surface area contributed by atoms with E-state index in [0.29, 0.717) is 0 Å². The first-order chi connectivity index (χ1) is 31.5. The zero-order chi connectivity index (χ0) is 42.6. The molecule has 9 aromatic carbocycles. The normalized spacial score (nSPS) is 16.1. The van der Waals surface area contributed by atoms with Crippen LogP contribution in [-0.4, -0.2) is 0 Å². The largest absolute Gasteiger partial charge is 0.134 e. The molecule has 3 aliphatic carbocycles. The fourth-order valence-electron chi connectivity index (χ4n) is 11.8. The van der Waals surface area contributed by atoms with Gasteiger partial charge in [-0.1, -0.05) is 238 Å². The lowest BCUT2D eigenvalue weighted by molar-refractivity contribution is 0.659. The van der Waals surface area contributed by atoms with Gasteiger partial charge in [-0.15, -0.1) is 11.3 Å². The monoisotopic (exact) mass is 832 g/mol. The molecule has 1 heteroatoms. The minimum atomic E-state index is -0.522. The highest BCUT2D eigenvalue weighted by Gasteiger charge is 2.54. The molecule has 1 spiro atoms. The molecule has 302 valence electrons. The molecule has 1 aromatic heterocycles. The van der Waals surface area contributed by atoms with Crippen molar-refractivity contribution in [3.05, 3.63) is 275 Å². The van der Waals surface area contributed by atoms with Crippen LogP contribution < -0.4 is 0 Å². The minimum absolute atomic E-state index is 0.00670. The molecular formula is C63H44S. The fraction of sp³-hybridized carbons (Fsp3) is 0.0794. The van der Waals surface area contributed by atoms with Gasteiger partial charge in [0.05, 0.1) is 5.41 Å². The summed E-state index contributed by atoms with van der Waals surface area (Å²) < 4.78 is 0. The molecule has 2 atom stereocenters. The number of fused-ring (bicyclic) bond motifs is 13. The first-order valence-corrected chi connectivity index (χ1v) is 23.4. The Balaban J connectivity index is 1.08. The van der Waals surface area contributed by atoms with E-state index in [1.807, 2.05) is 11.3 Å². The van der Waals surface area contributed by atoms with Crippen molar-refractivity contribution >= 4 is 11.3 Å².